The molecule has 0 aliphatic heterocycles. The van der Waals surface area contributed by atoms with Crippen molar-refractivity contribution in [3.05, 3.63) is 29.3 Å². The van der Waals surface area contributed by atoms with Crippen molar-refractivity contribution >= 4 is 6.03 Å². The Labute approximate surface area is 132 Å². The summed E-state index contributed by atoms with van der Waals surface area (Å²) in [5, 5.41) is 15.5. The van der Waals surface area contributed by atoms with Crippen molar-refractivity contribution < 1.29 is 14.6 Å². The van der Waals surface area contributed by atoms with E-state index in [1.807, 2.05) is 32.0 Å². The van der Waals surface area contributed by atoms with Crippen LogP contribution in [-0.4, -0.2) is 30.9 Å². The Morgan fingerprint density at radius 3 is 2.91 bits per heavy atom. The number of benzene rings is 1. The van der Waals surface area contributed by atoms with Gasteiger partial charge in [-0.2, -0.15) is 0 Å². The van der Waals surface area contributed by atoms with Gasteiger partial charge in [-0.05, 0) is 42.4 Å². The lowest BCUT2D eigenvalue weighted by atomic mass is 10.0. The van der Waals surface area contributed by atoms with Gasteiger partial charge in [-0.1, -0.05) is 26.0 Å². The molecule has 5 nitrogen and oxygen atoms in total. The van der Waals surface area contributed by atoms with Crippen LogP contribution in [-0.2, 0) is 6.42 Å². The van der Waals surface area contributed by atoms with E-state index in [4.69, 9.17) is 4.74 Å². The molecule has 1 aromatic rings. The molecule has 0 bridgehead atoms. The van der Waals surface area contributed by atoms with Crippen LogP contribution in [0.2, 0.25) is 0 Å². The van der Waals surface area contributed by atoms with Gasteiger partial charge in [-0.15, -0.1) is 0 Å². The Bertz CT molecular complexity index is 517. The fourth-order valence-electron chi connectivity index (χ4n) is 2.84. The van der Waals surface area contributed by atoms with Gasteiger partial charge < -0.3 is 20.5 Å². The molecule has 2 unspecified atom stereocenters. The first-order valence-electron chi connectivity index (χ1n) is 7.91. The van der Waals surface area contributed by atoms with Crippen LogP contribution in [0.3, 0.4) is 0 Å². The number of rotatable bonds is 6. The molecule has 3 N–H and O–H groups in total. The number of nitrogens with one attached hydrogen (secondary N) is 2. The number of amides is 2. The predicted octanol–water partition coefficient (Wildman–Crippen LogP) is 2.39. The zero-order valence-electron chi connectivity index (χ0n) is 13.6. The van der Waals surface area contributed by atoms with Crippen molar-refractivity contribution in [2.24, 2.45) is 5.92 Å². The van der Waals surface area contributed by atoms with Crippen LogP contribution < -0.4 is 15.4 Å². The number of methoxy groups -OCH3 is 1. The SMILES string of the molecule is COc1cccc2c1CCC2NC(=O)NCCC(O)C(C)C. The van der Waals surface area contributed by atoms with Gasteiger partial charge in [-0.3, -0.25) is 0 Å². The smallest absolute Gasteiger partial charge is 0.315 e. The van der Waals surface area contributed by atoms with E-state index in [1.54, 1.807) is 7.11 Å². The maximum absolute atomic E-state index is 12.0. The number of carbonyl (C=O) groups is 1. The topological polar surface area (TPSA) is 70.6 Å². The molecule has 2 atom stereocenters. The van der Waals surface area contributed by atoms with Crippen LogP contribution in [0.4, 0.5) is 4.79 Å². The molecule has 0 spiro atoms. The van der Waals surface area contributed by atoms with E-state index in [2.05, 4.69) is 10.6 Å². The van der Waals surface area contributed by atoms with Gasteiger partial charge in [0.05, 0.1) is 19.3 Å². The minimum atomic E-state index is -0.378. The molecule has 2 amide bonds. The summed E-state index contributed by atoms with van der Waals surface area (Å²) >= 11 is 0. The Kier molecular flexibility index (Phi) is 5.66. The molecule has 0 radical (unpaired) electrons. The Morgan fingerprint density at radius 2 is 2.23 bits per heavy atom. The summed E-state index contributed by atoms with van der Waals surface area (Å²) in [6.07, 6.45) is 1.99. The summed E-state index contributed by atoms with van der Waals surface area (Å²) in [6.45, 7) is 4.41. The second-order valence-corrected chi connectivity index (χ2v) is 6.12. The highest BCUT2D eigenvalue weighted by atomic mass is 16.5. The number of aliphatic hydroxyl groups is 1. The van der Waals surface area contributed by atoms with Crippen molar-refractivity contribution in [3.63, 3.8) is 0 Å². The van der Waals surface area contributed by atoms with E-state index in [0.29, 0.717) is 13.0 Å². The fourth-order valence-corrected chi connectivity index (χ4v) is 2.84. The van der Waals surface area contributed by atoms with Gasteiger partial charge in [-0.25, -0.2) is 4.79 Å². The largest absolute Gasteiger partial charge is 0.496 e. The molecule has 2 rings (SSSR count). The van der Waals surface area contributed by atoms with Crippen molar-refractivity contribution in [1.29, 1.82) is 0 Å². The molecule has 0 saturated carbocycles. The number of ether oxygens (including phenoxy) is 1. The van der Waals surface area contributed by atoms with Gasteiger partial charge >= 0.3 is 6.03 Å². The van der Waals surface area contributed by atoms with Crippen molar-refractivity contribution in [1.82, 2.24) is 10.6 Å². The molecular formula is C17H26N2O3. The fraction of sp³-hybridized carbons (Fsp3) is 0.588. The summed E-state index contributed by atoms with van der Waals surface area (Å²) in [6, 6.07) is 5.79. The molecular weight excluding hydrogens is 280 g/mol. The summed E-state index contributed by atoms with van der Waals surface area (Å²) in [5.74, 6) is 1.10. The second-order valence-electron chi connectivity index (χ2n) is 6.12. The van der Waals surface area contributed by atoms with Gasteiger partial charge in [0.1, 0.15) is 5.75 Å². The van der Waals surface area contributed by atoms with Crippen molar-refractivity contribution in [3.8, 4) is 5.75 Å². The monoisotopic (exact) mass is 306 g/mol. The first-order chi connectivity index (χ1) is 10.5. The van der Waals surface area contributed by atoms with E-state index in [9.17, 15) is 9.90 Å². The van der Waals surface area contributed by atoms with Crippen LogP contribution in [0, 0.1) is 5.92 Å². The van der Waals surface area contributed by atoms with Gasteiger partial charge in [0, 0.05) is 6.54 Å². The van der Waals surface area contributed by atoms with Crippen molar-refractivity contribution in [2.75, 3.05) is 13.7 Å². The molecule has 1 aromatic carbocycles. The predicted molar refractivity (Wildman–Crippen MR) is 86.1 cm³/mol. The summed E-state index contributed by atoms with van der Waals surface area (Å²) in [7, 11) is 1.67. The van der Waals surface area contributed by atoms with Crippen LogP contribution in [0.1, 0.15) is 43.9 Å². The Balaban J connectivity index is 1.85. The lowest BCUT2D eigenvalue weighted by molar-refractivity contribution is 0.116. The molecule has 22 heavy (non-hydrogen) atoms. The van der Waals surface area contributed by atoms with E-state index in [1.165, 1.54) is 5.56 Å². The number of carbonyl (C=O) groups excluding carboxylic acids is 1. The lowest BCUT2D eigenvalue weighted by Crippen LogP contribution is -2.38. The first kappa shape index (κ1) is 16.6. The summed E-state index contributed by atoms with van der Waals surface area (Å²) in [5.41, 5.74) is 2.32. The van der Waals surface area contributed by atoms with Gasteiger partial charge in [0.2, 0.25) is 0 Å². The Hall–Kier alpha value is -1.75. The molecule has 0 saturated heterocycles. The summed E-state index contributed by atoms with van der Waals surface area (Å²) in [4.78, 5) is 12.0. The molecule has 0 aromatic heterocycles. The maximum atomic E-state index is 12.0. The first-order valence-corrected chi connectivity index (χ1v) is 7.91. The normalized spacial score (nSPS) is 18.0. The molecule has 1 aliphatic rings. The molecule has 1 aliphatic carbocycles. The molecule has 0 fully saturated rings. The average Bonchev–Trinajstić information content (AvgIpc) is 2.90. The van der Waals surface area contributed by atoms with E-state index >= 15 is 0 Å². The number of fused-ring (bicyclic) bond motifs is 1. The highest BCUT2D eigenvalue weighted by molar-refractivity contribution is 5.74. The van der Waals surface area contributed by atoms with E-state index in [0.717, 1.165) is 24.2 Å². The molecule has 5 heteroatoms. The van der Waals surface area contributed by atoms with E-state index < -0.39 is 0 Å². The van der Waals surface area contributed by atoms with Crippen LogP contribution in [0.5, 0.6) is 5.75 Å². The zero-order chi connectivity index (χ0) is 16.1. The average molecular weight is 306 g/mol. The number of hydrogen-bond acceptors (Lipinski definition) is 3. The highest BCUT2D eigenvalue weighted by Gasteiger charge is 2.26. The minimum Gasteiger partial charge on any atom is -0.496 e. The quantitative estimate of drug-likeness (QED) is 0.756. The molecule has 122 valence electrons. The third kappa shape index (κ3) is 3.91. The van der Waals surface area contributed by atoms with Gasteiger partial charge in [0.15, 0.2) is 0 Å². The van der Waals surface area contributed by atoms with Crippen LogP contribution in [0.25, 0.3) is 0 Å². The van der Waals surface area contributed by atoms with Crippen LogP contribution in [0.15, 0.2) is 18.2 Å². The van der Waals surface area contributed by atoms with E-state index in [-0.39, 0.29) is 24.1 Å². The highest BCUT2D eigenvalue weighted by Crippen LogP contribution is 2.36. The molecule has 0 heterocycles. The van der Waals surface area contributed by atoms with Crippen LogP contribution >= 0.6 is 0 Å². The van der Waals surface area contributed by atoms with Crippen molar-refractivity contribution in [2.45, 2.75) is 45.3 Å². The summed E-state index contributed by atoms with van der Waals surface area (Å²) < 4.78 is 5.37. The second kappa shape index (κ2) is 7.49. The zero-order valence-corrected chi connectivity index (χ0v) is 13.6. The number of urea groups is 1. The third-order valence-corrected chi connectivity index (χ3v) is 4.25. The minimum absolute atomic E-state index is 0.0279. The Morgan fingerprint density at radius 1 is 1.45 bits per heavy atom. The standard InChI is InChI=1S/C17H26N2O3/c1-11(2)15(20)9-10-18-17(21)19-14-8-7-13-12(14)5-4-6-16(13)22-3/h4-6,11,14-15,20H,7-10H2,1-3H3,(H2,18,19,21). The third-order valence-electron chi connectivity index (χ3n) is 4.25. The maximum Gasteiger partial charge on any atom is 0.315 e. The number of aliphatic hydroxyl groups excluding tert-OH is 1. The van der Waals surface area contributed by atoms with Gasteiger partial charge in [0.25, 0.3) is 0 Å². The lowest BCUT2D eigenvalue weighted by Gasteiger charge is -2.17. The number of hydrogen-bond donors (Lipinski definition) is 3.